The first-order valence-corrected chi connectivity index (χ1v) is 5.83. The molecule has 0 aliphatic carbocycles. The zero-order valence-corrected chi connectivity index (χ0v) is 10.5. The third-order valence-electron chi connectivity index (χ3n) is 2.80. The smallest absolute Gasteiger partial charge is 0.271 e. The number of rotatable bonds is 2. The van der Waals surface area contributed by atoms with Gasteiger partial charge in [-0.25, -0.2) is 0 Å². The maximum Gasteiger partial charge on any atom is 0.271 e. The molecule has 0 aromatic heterocycles. The second kappa shape index (κ2) is 4.81. The van der Waals surface area contributed by atoms with Crippen LogP contribution >= 0.6 is 11.6 Å². The van der Waals surface area contributed by atoms with Gasteiger partial charge in [-0.05, 0) is 12.5 Å². The molecule has 1 N–H and O–H groups in total. The number of nitro groups is 1. The summed E-state index contributed by atoms with van der Waals surface area (Å²) in [6.07, 6.45) is 0. The second-order valence-corrected chi connectivity index (χ2v) is 4.53. The molecule has 1 saturated heterocycles. The van der Waals surface area contributed by atoms with Gasteiger partial charge in [0.15, 0.2) is 0 Å². The number of nitrogens with zero attached hydrogens (tertiary/aromatic N) is 2. The van der Waals surface area contributed by atoms with Crippen molar-refractivity contribution in [3.63, 3.8) is 0 Å². The Labute approximate surface area is 109 Å². The van der Waals surface area contributed by atoms with Crippen LogP contribution in [0.2, 0.25) is 5.02 Å². The van der Waals surface area contributed by atoms with Gasteiger partial charge in [0.2, 0.25) is 5.91 Å². The summed E-state index contributed by atoms with van der Waals surface area (Å²) in [7, 11) is 0. The van der Waals surface area contributed by atoms with Crippen LogP contribution in [0.15, 0.2) is 12.1 Å². The Morgan fingerprint density at radius 3 is 2.78 bits per heavy atom. The molecule has 1 fully saturated rings. The summed E-state index contributed by atoms with van der Waals surface area (Å²) in [5.41, 5.74) is 1.35. The SMILES string of the molecule is Cc1cc([N+](=O)[O-])cc(Cl)c1N1CCNC(=O)C1. The van der Waals surface area contributed by atoms with Crippen LogP contribution < -0.4 is 10.2 Å². The van der Waals surface area contributed by atoms with Gasteiger partial charge >= 0.3 is 0 Å². The Kier molecular flexibility index (Phi) is 3.38. The molecule has 0 bridgehead atoms. The minimum atomic E-state index is -0.481. The molecule has 1 amide bonds. The highest BCUT2D eigenvalue weighted by atomic mass is 35.5. The molecule has 1 aromatic rings. The van der Waals surface area contributed by atoms with E-state index in [9.17, 15) is 14.9 Å². The number of non-ortho nitro benzene ring substituents is 1. The van der Waals surface area contributed by atoms with E-state index in [1.807, 2.05) is 4.90 Å². The summed E-state index contributed by atoms with van der Waals surface area (Å²) in [6.45, 7) is 3.16. The van der Waals surface area contributed by atoms with Gasteiger partial charge in [0.1, 0.15) is 0 Å². The first-order valence-electron chi connectivity index (χ1n) is 5.45. The predicted molar refractivity (Wildman–Crippen MR) is 68.1 cm³/mol. The Morgan fingerprint density at radius 1 is 1.50 bits per heavy atom. The molecule has 1 heterocycles. The van der Waals surface area contributed by atoms with Gasteiger partial charge < -0.3 is 10.2 Å². The van der Waals surface area contributed by atoms with Gasteiger partial charge in [0.25, 0.3) is 5.69 Å². The van der Waals surface area contributed by atoms with Crippen molar-refractivity contribution in [3.8, 4) is 0 Å². The summed E-state index contributed by atoms with van der Waals surface area (Å²) in [5, 5.41) is 13.7. The Bertz CT molecular complexity index is 495. The summed E-state index contributed by atoms with van der Waals surface area (Å²) in [5.74, 6) is -0.0740. The number of piperazine rings is 1. The van der Waals surface area contributed by atoms with E-state index in [2.05, 4.69) is 5.32 Å². The highest BCUT2D eigenvalue weighted by molar-refractivity contribution is 6.33. The maximum atomic E-state index is 11.3. The molecule has 6 nitrogen and oxygen atoms in total. The molecule has 0 spiro atoms. The predicted octanol–water partition coefficient (Wildman–Crippen LogP) is 1.49. The number of anilines is 1. The first kappa shape index (κ1) is 12.6. The van der Waals surface area contributed by atoms with Crippen molar-refractivity contribution >= 4 is 28.9 Å². The standard InChI is InChI=1S/C11H12ClN3O3/c1-7-4-8(15(17)18)5-9(12)11(7)14-3-2-13-10(16)6-14/h4-5H,2-3,6H2,1H3,(H,13,16). The van der Waals surface area contributed by atoms with Gasteiger partial charge in [-0.15, -0.1) is 0 Å². The lowest BCUT2D eigenvalue weighted by atomic mass is 10.1. The zero-order valence-electron chi connectivity index (χ0n) is 9.77. The molecule has 0 radical (unpaired) electrons. The van der Waals surface area contributed by atoms with Crippen LogP contribution in [-0.4, -0.2) is 30.5 Å². The third kappa shape index (κ3) is 2.38. The van der Waals surface area contributed by atoms with Crippen LogP contribution in [-0.2, 0) is 4.79 Å². The normalized spacial score (nSPS) is 15.4. The fourth-order valence-electron chi connectivity index (χ4n) is 2.05. The highest BCUT2D eigenvalue weighted by Crippen LogP contribution is 2.33. The summed E-state index contributed by atoms with van der Waals surface area (Å²) in [4.78, 5) is 23.4. The third-order valence-corrected chi connectivity index (χ3v) is 3.09. The quantitative estimate of drug-likeness (QED) is 0.652. The average Bonchev–Trinajstić information content (AvgIpc) is 2.27. The average molecular weight is 270 g/mol. The molecule has 7 heteroatoms. The molecule has 0 unspecified atom stereocenters. The van der Waals surface area contributed by atoms with Gasteiger partial charge in [-0.3, -0.25) is 14.9 Å². The van der Waals surface area contributed by atoms with Crippen LogP contribution in [0.25, 0.3) is 0 Å². The largest absolute Gasteiger partial charge is 0.359 e. The number of benzene rings is 1. The van der Waals surface area contributed by atoms with Gasteiger partial charge in [0, 0.05) is 25.2 Å². The Balaban J connectivity index is 2.38. The monoisotopic (exact) mass is 269 g/mol. The molecule has 18 heavy (non-hydrogen) atoms. The molecule has 1 aliphatic heterocycles. The number of carbonyl (C=O) groups is 1. The summed E-state index contributed by atoms with van der Waals surface area (Å²) >= 11 is 6.08. The second-order valence-electron chi connectivity index (χ2n) is 4.12. The number of carbonyl (C=O) groups excluding carboxylic acids is 1. The fourth-order valence-corrected chi connectivity index (χ4v) is 2.43. The summed E-state index contributed by atoms with van der Waals surface area (Å²) in [6, 6.07) is 2.78. The molecule has 96 valence electrons. The molecular weight excluding hydrogens is 258 g/mol. The molecule has 0 atom stereocenters. The fraction of sp³-hybridized carbons (Fsp3) is 0.364. The molecule has 1 aliphatic rings. The summed E-state index contributed by atoms with van der Waals surface area (Å²) < 4.78 is 0. The van der Waals surface area contributed by atoms with E-state index in [-0.39, 0.29) is 18.1 Å². The lowest BCUT2D eigenvalue weighted by Crippen LogP contribution is -2.48. The van der Waals surface area contributed by atoms with Crippen molar-refractivity contribution in [2.45, 2.75) is 6.92 Å². The number of nitro benzene ring substituents is 1. The highest BCUT2D eigenvalue weighted by Gasteiger charge is 2.22. The van der Waals surface area contributed by atoms with Crippen LogP contribution in [0.1, 0.15) is 5.56 Å². The van der Waals surface area contributed by atoms with Gasteiger partial charge in [0.05, 0.1) is 22.2 Å². The van der Waals surface area contributed by atoms with Crippen LogP contribution in [0.3, 0.4) is 0 Å². The zero-order chi connectivity index (χ0) is 13.3. The van der Waals surface area contributed by atoms with Gasteiger partial charge in [-0.2, -0.15) is 0 Å². The first-order chi connectivity index (χ1) is 8.49. The van der Waals surface area contributed by atoms with Crippen LogP contribution in [0.4, 0.5) is 11.4 Å². The number of amides is 1. The number of nitrogens with one attached hydrogen (secondary N) is 1. The van der Waals surface area contributed by atoms with E-state index in [1.165, 1.54) is 12.1 Å². The van der Waals surface area contributed by atoms with Crippen LogP contribution in [0.5, 0.6) is 0 Å². The van der Waals surface area contributed by atoms with Crippen molar-refractivity contribution in [1.29, 1.82) is 0 Å². The Morgan fingerprint density at radius 2 is 2.22 bits per heavy atom. The van der Waals surface area contributed by atoms with Crippen molar-refractivity contribution < 1.29 is 9.72 Å². The lowest BCUT2D eigenvalue weighted by molar-refractivity contribution is -0.384. The van der Waals surface area contributed by atoms with E-state index < -0.39 is 4.92 Å². The topological polar surface area (TPSA) is 75.5 Å². The number of hydrogen-bond acceptors (Lipinski definition) is 4. The van der Waals surface area contributed by atoms with Crippen molar-refractivity contribution in [1.82, 2.24) is 5.32 Å². The van der Waals surface area contributed by atoms with Crippen molar-refractivity contribution in [2.24, 2.45) is 0 Å². The molecular formula is C11H12ClN3O3. The number of halogens is 1. The lowest BCUT2D eigenvalue weighted by Gasteiger charge is -2.30. The Hall–Kier alpha value is -1.82. The molecule has 2 rings (SSSR count). The van der Waals surface area contributed by atoms with E-state index in [1.54, 1.807) is 6.92 Å². The van der Waals surface area contributed by atoms with E-state index in [4.69, 9.17) is 11.6 Å². The van der Waals surface area contributed by atoms with Crippen molar-refractivity contribution in [2.75, 3.05) is 24.5 Å². The van der Waals surface area contributed by atoms with Gasteiger partial charge in [-0.1, -0.05) is 11.6 Å². The minimum Gasteiger partial charge on any atom is -0.359 e. The number of aryl methyl sites for hydroxylation is 1. The molecule has 0 saturated carbocycles. The maximum absolute atomic E-state index is 11.3. The van der Waals surface area contributed by atoms with E-state index >= 15 is 0 Å². The minimum absolute atomic E-state index is 0.0392. The van der Waals surface area contributed by atoms with Crippen LogP contribution in [0, 0.1) is 17.0 Å². The van der Waals surface area contributed by atoms with E-state index in [0.717, 1.165) is 0 Å². The molecule has 1 aromatic carbocycles. The van der Waals surface area contributed by atoms with E-state index in [0.29, 0.717) is 29.4 Å². The van der Waals surface area contributed by atoms with Crippen molar-refractivity contribution in [3.05, 3.63) is 32.8 Å². The number of hydrogen-bond donors (Lipinski definition) is 1.